The Morgan fingerprint density at radius 1 is 1.71 bits per heavy atom. The predicted molar refractivity (Wildman–Crippen MR) is 32.4 cm³/mol. The van der Waals surface area contributed by atoms with Gasteiger partial charge in [0.25, 0.3) is 0 Å². The minimum absolute atomic E-state index is 0.262. The molecule has 0 rings (SSSR count). The van der Waals surface area contributed by atoms with Crippen LogP contribution in [0.2, 0.25) is 5.82 Å². The fourth-order valence-electron chi connectivity index (χ4n) is 0.192. The zero-order valence-corrected chi connectivity index (χ0v) is 6.30. The first kappa shape index (κ1) is 7.22. The van der Waals surface area contributed by atoms with Gasteiger partial charge < -0.3 is 0 Å². The quantitative estimate of drug-likeness (QED) is 0.595. The second kappa shape index (κ2) is 4.38. The van der Waals surface area contributed by atoms with E-state index in [4.69, 9.17) is 5.11 Å². The Hall–Kier alpha value is 0.219. The third kappa shape index (κ3) is 6.22. The third-order valence-corrected chi connectivity index (χ3v) is 1.39. The molecule has 0 aliphatic rings. The van der Waals surface area contributed by atoms with Crippen molar-refractivity contribution in [2.45, 2.75) is 18.8 Å². The van der Waals surface area contributed by atoms with E-state index in [1.165, 1.54) is 0 Å². The van der Waals surface area contributed by atoms with Crippen molar-refractivity contribution in [2.75, 3.05) is 0 Å². The molecule has 42 valence electrons. The fraction of sp³-hybridized carbons (Fsp3) is 0.600. The molecule has 0 saturated heterocycles. The Morgan fingerprint density at radius 2 is 2.29 bits per heavy atom. The fourth-order valence-corrected chi connectivity index (χ4v) is 0.999. The standard InChI is InChI=1S/C5H10OSe/c1-5(6)3-4-7-2/h3-6H,1-2H3/b4-3-. The molecule has 0 aromatic carbocycles. The summed E-state index contributed by atoms with van der Waals surface area (Å²) in [6.07, 6.45) is 1.54. The van der Waals surface area contributed by atoms with Gasteiger partial charge in [0.2, 0.25) is 0 Å². The molecule has 1 unspecified atom stereocenters. The van der Waals surface area contributed by atoms with Gasteiger partial charge in [0.1, 0.15) is 0 Å². The normalized spacial score (nSPS) is 15.3. The molecular formula is C5H10OSe. The van der Waals surface area contributed by atoms with Gasteiger partial charge in [-0.3, -0.25) is 0 Å². The zero-order chi connectivity index (χ0) is 5.70. The van der Waals surface area contributed by atoms with Crippen molar-refractivity contribution in [3.63, 3.8) is 0 Å². The predicted octanol–water partition coefficient (Wildman–Crippen LogP) is 0.633. The van der Waals surface area contributed by atoms with Gasteiger partial charge in [0.15, 0.2) is 0 Å². The number of hydrogen-bond donors (Lipinski definition) is 1. The molecule has 7 heavy (non-hydrogen) atoms. The molecule has 2 heteroatoms. The average molecular weight is 165 g/mol. The number of rotatable bonds is 2. The van der Waals surface area contributed by atoms with Crippen LogP contribution in [0.25, 0.3) is 0 Å². The Morgan fingerprint density at radius 3 is 2.43 bits per heavy atom. The van der Waals surface area contributed by atoms with Gasteiger partial charge in [-0.15, -0.1) is 0 Å². The minimum atomic E-state index is -0.262. The molecule has 0 bridgehead atoms. The SMILES string of the molecule is C[Se]/C=C\C(C)O. The molecule has 0 aromatic heterocycles. The Labute approximate surface area is 50.6 Å². The molecule has 0 aliphatic heterocycles. The summed E-state index contributed by atoms with van der Waals surface area (Å²) in [4.78, 5) is 2.01. The first-order chi connectivity index (χ1) is 3.27. The molecule has 0 radical (unpaired) electrons. The molecule has 0 spiro atoms. The second-order valence-electron chi connectivity index (χ2n) is 1.30. The van der Waals surface area contributed by atoms with Crippen molar-refractivity contribution in [3.8, 4) is 0 Å². The summed E-state index contributed by atoms with van der Waals surface area (Å²) in [5.41, 5.74) is 0. The van der Waals surface area contributed by atoms with Crippen LogP contribution in [0.4, 0.5) is 0 Å². The summed E-state index contributed by atoms with van der Waals surface area (Å²) in [5, 5.41) is 8.61. The molecule has 0 fully saturated rings. The van der Waals surface area contributed by atoms with Crippen molar-refractivity contribution >= 4 is 15.0 Å². The Bertz CT molecular complexity index is 59.1. The molecule has 0 heterocycles. The van der Waals surface area contributed by atoms with Crippen LogP contribution < -0.4 is 0 Å². The van der Waals surface area contributed by atoms with Gasteiger partial charge in [-0.1, -0.05) is 0 Å². The van der Waals surface area contributed by atoms with Crippen molar-refractivity contribution in [1.82, 2.24) is 0 Å². The van der Waals surface area contributed by atoms with Crippen LogP contribution in [0.5, 0.6) is 0 Å². The van der Waals surface area contributed by atoms with Crippen LogP contribution in [0.3, 0.4) is 0 Å². The zero-order valence-electron chi connectivity index (χ0n) is 4.59. The van der Waals surface area contributed by atoms with E-state index in [2.05, 4.69) is 5.82 Å². The van der Waals surface area contributed by atoms with Crippen LogP contribution in [-0.2, 0) is 0 Å². The van der Waals surface area contributed by atoms with E-state index in [0.29, 0.717) is 15.0 Å². The first-order valence-corrected chi connectivity index (χ1v) is 4.85. The molecule has 1 atom stereocenters. The van der Waals surface area contributed by atoms with Gasteiger partial charge in [-0.2, -0.15) is 0 Å². The number of aliphatic hydroxyl groups is 1. The monoisotopic (exact) mass is 166 g/mol. The summed E-state index contributed by atoms with van der Waals surface area (Å²) < 4.78 is 0. The van der Waals surface area contributed by atoms with Gasteiger partial charge >= 0.3 is 50.0 Å². The van der Waals surface area contributed by atoms with Crippen LogP contribution in [0, 0.1) is 0 Å². The third-order valence-electron chi connectivity index (χ3n) is 0.493. The van der Waals surface area contributed by atoms with Crippen molar-refractivity contribution in [1.29, 1.82) is 0 Å². The summed E-state index contributed by atoms with van der Waals surface area (Å²) in [7, 11) is 0. The molecule has 1 N–H and O–H groups in total. The molecule has 0 saturated carbocycles. The summed E-state index contributed by atoms with van der Waals surface area (Å²) in [6.45, 7) is 1.75. The first-order valence-electron chi connectivity index (χ1n) is 2.15. The summed E-state index contributed by atoms with van der Waals surface area (Å²) in [5.74, 6) is 2.10. The molecule has 1 nitrogen and oxygen atoms in total. The maximum atomic E-state index is 8.61. The summed E-state index contributed by atoms with van der Waals surface area (Å²) >= 11 is 0.566. The van der Waals surface area contributed by atoms with E-state index in [0.717, 1.165) is 0 Å². The van der Waals surface area contributed by atoms with E-state index >= 15 is 0 Å². The number of aliphatic hydroxyl groups excluding tert-OH is 1. The average Bonchev–Trinajstić information content (AvgIpc) is 1.61. The van der Waals surface area contributed by atoms with Crippen LogP contribution in [0.15, 0.2) is 11.1 Å². The van der Waals surface area contributed by atoms with Gasteiger partial charge in [-0.25, -0.2) is 0 Å². The van der Waals surface area contributed by atoms with E-state index in [1.807, 2.05) is 4.97 Å². The molecule has 0 aromatic rings. The molecule has 0 aliphatic carbocycles. The van der Waals surface area contributed by atoms with Crippen molar-refractivity contribution in [2.24, 2.45) is 0 Å². The van der Waals surface area contributed by atoms with Crippen molar-refractivity contribution < 1.29 is 5.11 Å². The van der Waals surface area contributed by atoms with E-state index in [-0.39, 0.29) is 6.10 Å². The van der Waals surface area contributed by atoms with Gasteiger partial charge in [0.05, 0.1) is 0 Å². The summed E-state index contributed by atoms with van der Waals surface area (Å²) in [6, 6.07) is 0. The molecular weight excluding hydrogens is 155 g/mol. The van der Waals surface area contributed by atoms with E-state index in [1.54, 1.807) is 13.0 Å². The van der Waals surface area contributed by atoms with E-state index in [9.17, 15) is 0 Å². The van der Waals surface area contributed by atoms with Crippen LogP contribution >= 0.6 is 0 Å². The van der Waals surface area contributed by atoms with Gasteiger partial charge in [0, 0.05) is 0 Å². The molecule has 0 amide bonds. The van der Waals surface area contributed by atoms with Crippen LogP contribution in [0.1, 0.15) is 6.92 Å². The topological polar surface area (TPSA) is 20.2 Å². The second-order valence-corrected chi connectivity index (χ2v) is 2.86. The number of hydrogen-bond acceptors (Lipinski definition) is 1. The maximum absolute atomic E-state index is 8.61. The van der Waals surface area contributed by atoms with Crippen molar-refractivity contribution in [3.05, 3.63) is 11.1 Å². The van der Waals surface area contributed by atoms with Crippen LogP contribution in [-0.4, -0.2) is 26.2 Å². The van der Waals surface area contributed by atoms with E-state index < -0.39 is 0 Å². The van der Waals surface area contributed by atoms with Gasteiger partial charge in [-0.05, 0) is 0 Å². The Kier molecular flexibility index (Phi) is 4.52. The Balaban J connectivity index is 3.08.